The molecule has 5 rings (SSSR count). The topological polar surface area (TPSA) is 120 Å². The van der Waals surface area contributed by atoms with Crippen molar-refractivity contribution in [3.05, 3.63) is 63.7 Å². The summed E-state index contributed by atoms with van der Waals surface area (Å²) in [6, 6.07) is 10.3. The van der Waals surface area contributed by atoms with Gasteiger partial charge in [-0.25, -0.2) is 4.79 Å². The predicted octanol–water partition coefficient (Wildman–Crippen LogP) is 2.55. The summed E-state index contributed by atoms with van der Waals surface area (Å²) in [6.07, 6.45) is 0.344. The Morgan fingerprint density at radius 3 is 2.49 bits per heavy atom. The van der Waals surface area contributed by atoms with Gasteiger partial charge in [-0.2, -0.15) is 0 Å². The predicted molar refractivity (Wildman–Crippen MR) is 147 cm³/mol. The first kappa shape index (κ1) is 27.5. The third kappa shape index (κ3) is 6.06. The number of aryl methyl sites for hydroxylation is 2. The average Bonchev–Trinajstić information content (AvgIpc) is 3.34. The van der Waals surface area contributed by atoms with Crippen molar-refractivity contribution in [2.24, 2.45) is 0 Å². The summed E-state index contributed by atoms with van der Waals surface area (Å²) in [7, 11) is 0. The minimum atomic E-state index is -0.993. The maximum Gasteiger partial charge on any atom is 0.333 e. The molecule has 0 saturated carbocycles. The number of piperazine rings is 1. The fourth-order valence-electron chi connectivity index (χ4n) is 5.60. The summed E-state index contributed by atoms with van der Waals surface area (Å²) in [4.78, 5) is 27.1. The Morgan fingerprint density at radius 1 is 1.08 bits per heavy atom. The van der Waals surface area contributed by atoms with Gasteiger partial charge >= 0.3 is 5.97 Å². The second-order valence-electron chi connectivity index (χ2n) is 10.5. The van der Waals surface area contributed by atoms with Gasteiger partial charge in [-0.15, -0.1) is 0 Å². The molecule has 2 saturated heterocycles. The number of aliphatic hydroxyl groups excluding tert-OH is 1. The highest BCUT2D eigenvalue weighted by atomic mass is 35.5. The number of aliphatic carboxylic acids is 1. The smallest absolute Gasteiger partial charge is 0.333 e. The molecule has 4 atom stereocenters. The monoisotopic (exact) mass is 555 g/mol. The van der Waals surface area contributed by atoms with Crippen molar-refractivity contribution < 1.29 is 29.3 Å². The number of β-amino-alcohol motifs (C(OH)–C–C–N with tert-alkyl or cyclic N) is 1. The van der Waals surface area contributed by atoms with Crippen LogP contribution < -0.4 is 20.1 Å². The molecule has 0 aromatic heterocycles. The first-order chi connectivity index (χ1) is 18.7. The second kappa shape index (κ2) is 11.6. The van der Waals surface area contributed by atoms with E-state index in [-0.39, 0.29) is 24.1 Å². The number of nitrogens with one attached hydrogen (secondary N) is 2. The van der Waals surface area contributed by atoms with Crippen molar-refractivity contribution in [3.63, 3.8) is 0 Å². The van der Waals surface area contributed by atoms with Gasteiger partial charge in [-0.3, -0.25) is 4.79 Å². The van der Waals surface area contributed by atoms with Crippen molar-refractivity contribution in [3.8, 4) is 11.5 Å². The first-order valence-corrected chi connectivity index (χ1v) is 13.6. The number of fused-ring (bicyclic) bond motifs is 2. The lowest BCUT2D eigenvalue weighted by Gasteiger charge is -2.44. The van der Waals surface area contributed by atoms with E-state index in [1.54, 1.807) is 4.90 Å². The van der Waals surface area contributed by atoms with Gasteiger partial charge in [0.15, 0.2) is 0 Å². The van der Waals surface area contributed by atoms with Gasteiger partial charge in [0, 0.05) is 25.7 Å². The minimum Gasteiger partial charge on any atom is -0.490 e. The molecule has 2 bridgehead atoms. The number of hydrogen-bond acceptors (Lipinski definition) is 7. The molecule has 2 aromatic rings. The number of carboxylic acid groups (broad SMARTS) is 1. The molecule has 10 heteroatoms. The molecular formula is C29H34ClN3O6. The normalized spacial score (nSPS) is 24.6. The van der Waals surface area contributed by atoms with Gasteiger partial charge in [-0.1, -0.05) is 23.7 Å². The third-order valence-corrected chi connectivity index (χ3v) is 8.01. The number of carbonyl (C=O) groups excluding carboxylic acids is 1. The molecule has 0 spiro atoms. The van der Waals surface area contributed by atoms with Gasteiger partial charge in [-0.05, 0) is 73.2 Å². The van der Waals surface area contributed by atoms with Crippen LogP contribution in [0.2, 0.25) is 5.02 Å². The van der Waals surface area contributed by atoms with Crippen LogP contribution in [0.4, 0.5) is 0 Å². The number of halogens is 1. The van der Waals surface area contributed by atoms with Gasteiger partial charge in [0.1, 0.15) is 24.7 Å². The largest absolute Gasteiger partial charge is 0.490 e. The number of ether oxygens (including phenoxy) is 2. The molecule has 1 amide bonds. The lowest BCUT2D eigenvalue weighted by atomic mass is 9.83. The molecule has 0 radical (unpaired) electrons. The Kier molecular flexibility index (Phi) is 8.13. The zero-order chi connectivity index (χ0) is 27.7. The molecule has 9 nitrogen and oxygen atoms in total. The van der Waals surface area contributed by atoms with Crippen LogP contribution in [0.15, 0.2) is 42.0 Å². The van der Waals surface area contributed by atoms with Gasteiger partial charge in [0.25, 0.3) is 0 Å². The van der Waals surface area contributed by atoms with Crippen LogP contribution in [-0.2, 0) is 9.59 Å². The zero-order valence-corrected chi connectivity index (χ0v) is 22.8. The van der Waals surface area contributed by atoms with E-state index in [0.717, 1.165) is 22.3 Å². The Bertz CT molecular complexity index is 1280. The van der Waals surface area contributed by atoms with Gasteiger partial charge in [0.05, 0.1) is 28.8 Å². The minimum absolute atomic E-state index is 0.0533. The molecule has 3 aliphatic rings. The summed E-state index contributed by atoms with van der Waals surface area (Å²) in [5, 5.41) is 26.9. The number of nitrogens with zero attached hydrogens (tertiary/aromatic N) is 1. The van der Waals surface area contributed by atoms with Crippen LogP contribution in [0.25, 0.3) is 5.57 Å². The summed E-state index contributed by atoms with van der Waals surface area (Å²) in [6.45, 7) is 5.83. The first-order valence-electron chi connectivity index (χ1n) is 13.2. The molecule has 2 fully saturated rings. The molecule has 4 N–H and O–H groups in total. The van der Waals surface area contributed by atoms with Crippen molar-refractivity contribution >= 4 is 29.1 Å². The van der Waals surface area contributed by atoms with E-state index in [1.165, 1.54) is 0 Å². The molecule has 3 heterocycles. The molecule has 0 aliphatic carbocycles. The van der Waals surface area contributed by atoms with Crippen molar-refractivity contribution in [1.29, 1.82) is 0 Å². The molecule has 39 heavy (non-hydrogen) atoms. The van der Waals surface area contributed by atoms with Crippen LogP contribution in [0.5, 0.6) is 11.5 Å². The Labute approximate surface area is 232 Å². The molecular weight excluding hydrogens is 522 g/mol. The summed E-state index contributed by atoms with van der Waals surface area (Å²) >= 11 is 6.27. The Hall–Kier alpha value is -3.11. The van der Waals surface area contributed by atoms with E-state index in [1.807, 2.05) is 50.2 Å². The van der Waals surface area contributed by atoms with Crippen LogP contribution in [0.3, 0.4) is 0 Å². The SMILES string of the molecule is Cc1cc(Cl)c(OCCOc2ccc(C3=C(C(=O)O)[C@H]4CN(C(=O)[C@@H]5C[C@@H](O)CN5)C[C@@H](C3)N4)cc2)cc1C. The number of aliphatic hydroxyl groups is 1. The lowest BCUT2D eigenvalue weighted by Crippen LogP contribution is -2.63. The quantitative estimate of drug-likeness (QED) is 0.367. The molecule has 3 aliphatic heterocycles. The van der Waals surface area contributed by atoms with E-state index < -0.39 is 24.2 Å². The average molecular weight is 556 g/mol. The van der Waals surface area contributed by atoms with Crippen molar-refractivity contribution in [2.45, 2.75) is 50.9 Å². The van der Waals surface area contributed by atoms with E-state index in [4.69, 9.17) is 21.1 Å². The van der Waals surface area contributed by atoms with Crippen LogP contribution in [-0.4, -0.2) is 84.1 Å². The van der Waals surface area contributed by atoms with Crippen molar-refractivity contribution in [2.75, 3.05) is 32.8 Å². The summed E-state index contributed by atoms with van der Waals surface area (Å²) in [5.74, 6) is 0.206. The highest BCUT2D eigenvalue weighted by molar-refractivity contribution is 6.32. The van der Waals surface area contributed by atoms with E-state index in [2.05, 4.69) is 10.6 Å². The number of rotatable bonds is 8. The van der Waals surface area contributed by atoms with Crippen LogP contribution in [0.1, 0.15) is 29.5 Å². The molecule has 0 unspecified atom stereocenters. The maximum absolute atomic E-state index is 13.0. The number of amides is 1. The van der Waals surface area contributed by atoms with Crippen LogP contribution in [0, 0.1) is 13.8 Å². The van der Waals surface area contributed by atoms with E-state index >= 15 is 0 Å². The fraction of sp³-hybridized carbons (Fsp3) is 0.448. The second-order valence-corrected chi connectivity index (χ2v) is 10.9. The number of carbonyl (C=O) groups is 2. The van der Waals surface area contributed by atoms with E-state index in [9.17, 15) is 19.8 Å². The highest BCUT2D eigenvalue weighted by Gasteiger charge is 2.41. The number of benzene rings is 2. The molecule has 208 valence electrons. The fourth-order valence-corrected chi connectivity index (χ4v) is 5.87. The third-order valence-electron chi connectivity index (χ3n) is 7.71. The number of hydrogen-bond donors (Lipinski definition) is 4. The maximum atomic E-state index is 13.0. The van der Waals surface area contributed by atoms with E-state index in [0.29, 0.717) is 55.7 Å². The lowest BCUT2D eigenvalue weighted by molar-refractivity contribution is -0.137. The van der Waals surface area contributed by atoms with Crippen molar-refractivity contribution in [1.82, 2.24) is 15.5 Å². The molecule has 2 aromatic carbocycles. The number of carboxylic acids is 1. The summed E-state index contributed by atoms with van der Waals surface area (Å²) in [5.41, 5.74) is 4.10. The zero-order valence-electron chi connectivity index (χ0n) is 22.1. The summed E-state index contributed by atoms with van der Waals surface area (Å²) < 4.78 is 11.6. The van der Waals surface area contributed by atoms with Crippen LogP contribution >= 0.6 is 11.6 Å². The Morgan fingerprint density at radius 2 is 1.79 bits per heavy atom. The van der Waals surface area contributed by atoms with Gasteiger partial charge < -0.3 is 35.2 Å². The van der Waals surface area contributed by atoms with Gasteiger partial charge in [0.2, 0.25) is 5.91 Å². The standard InChI is InChI=1S/C29H34ClN3O6/c1-16-9-23(30)26(10-17(16)2)39-8-7-38-21-5-3-18(4-6-21)22-11-19-14-33(15-25(32-19)27(22)29(36)37)28(35)24-12-20(34)13-31-24/h3-6,9-10,19-20,24-25,31-32,34H,7-8,11-15H2,1-2H3,(H,36,37)/t19-,20-,24+,25-/m1/s1. The Balaban J connectivity index is 1.22. The highest BCUT2D eigenvalue weighted by Crippen LogP contribution is 2.34.